The van der Waals surface area contributed by atoms with Gasteiger partial charge in [0.15, 0.2) is 6.10 Å². The third-order valence-corrected chi connectivity index (χ3v) is 11.0. The van der Waals surface area contributed by atoms with Crippen LogP contribution in [0.5, 0.6) is 0 Å². The highest BCUT2D eigenvalue weighted by Gasteiger charge is 2.19. The molecule has 6 heteroatoms. The number of carbonyl (C=O) groups is 3. The quantitative estimate of drug-likeness (QED) is 0.0262. The van der Waals surface area contributed by atoms with Gasteiger partial charge in [-0.25, -0.2) is 0 Å². The lowest BCUT2D eigenvalue weighted by Gasteiger charge is -2.18. The van der Waals surface area contributed by atoms with Gasteiger partial charge in [0.1, 0.15) is 13.2 Å². The van der Waals surface area contributed by atoms with Crippen molar-refractivity contribution in [1.82, 2.24) is 0 Å². The minimum atomic E-state index is -0.813. The van der Waals surface area contributed by atoms with Crippen molar-refractivity contribution in [2.24, 2.45) is 0 Å². The van der Waals surface area contributed by atoms with Gasteiger partial charge in [-0.1, -0.05) is 189 Å². The molecule has 0 aliphatic heterocycles. The van der Waals surface area contributed by atoms with Crippen molar-refractivity contribution in [3.8, 4) is 0 Å². The van der Waals surface area contributed by atoms with Crippen molar-refractivity contribution in [2.45, 2.75) is 245 Å². The Morgan fingerprint density at radius 3 is 0.892 bits per heavy atom. The van der Waals surface area contributed by atoms with E-state index in [1.807, 2.05) is 0 Å². The average molecular weight is 903 g/mol. The van der Waals surface area contributed by atoms with E-state index in [9.17, 15) is 14.4 Å². The normalized spacial score (nSPS) is 12.8. The van der Waals surface area contributed by atoms with Gasteiger partial charge in [0.2, 0.25) is 0 Å². The maximum absolute atomic E-state index is 12.8. The van der Waals surface area contributed by atoms with Crippen LogP contribution >= 0.6 is 0 Å². The molecule has 0 bridgehead atoms. The second kappa shape index (κ2) is 52.9. The number of unbranched alkanes of at least 4 members (excludes halogenated alkanes) is 20. The number of rotatable bonds is 47. The summed E-state index contributed by atoms with van der Waals surface area (Å²) in [6, 6.07) is 0. The summed E-state index contributed by atoms with van der Waals surface area (Å²) in [5.74, 6) is -0.984. The second-order valence-electron chi connectivity index (χ2n) is 17.4. The van der Waals surface area contributed by atoms with Crippen LogP contribution in [0.3, 0.4) is 0 Å². The fraction of sp³-hybridized carbons (Fsp3) is 0.678. The molecule has 1 atom stereocenters. The Morgan fingerprint density at radius 1 is 0.308 bits per heavy atom. The summed E-state index contributed by atoms with van der Waals surface area (Å²) in [6.45, 7) is 6.48. The highest BCUT2D eigenvalue weighted by atomic mass is 16.6. The number of carbonyl (C=O) groups excluding carboxylic acids is 3. The molecule has 0 fully saturated rings. The first kappa shape index (κ1) is 61.3. The van der Waals surface area contributed by atoms with Crippen LogP contribution in [0.4, 0.5) is 0 Å². The zero-order valence-electron chi connectivity index (χ0n) is 42.2. The van der Waals surface area contributed by atoms with Crippen LogP contribution in [-0.2, 0) is 28.6 Å². The van der Waals surface area contributed by atoms with Gasteiger partial charge in [0.25, 0.3) is 0 Å². The SMILES string of the molecule is CCCCC/C=C\C/C=C\C/C=C\CCCCCCC(=O)OC[C@H](COC(=O)CCCCCCC/C=C\C/C=C\CCCCC)OC(=O)CCCC/C=C\C/C=C\C/C=C\CCCCC. The van der Waals surface area contributed by atoms with Crippen LogP contribution in [0.2, 0.25) is 0 Å². The summed E-state index contributed by atoms with van der Waals surface area (Å²) in [5.41, 5.74) is 0. The molecule has 0 radical (unpaired) electrons. The molecule has 0 aliphatic rings. The van der Waals surface area contributed by atoms with Gasteiger partial charge in [-0.15, -0.1) is 0 Å². The fourth-order valence-electron chi connectivity index (χ4n) is 6.95. The lowest BCUT2D eigenvalue weighted by Crippen LogP contribution is -2.30. The van der Waals surface area contributed by atoms with Gasteiger partial charge < -0.3 is 14.2 Å². The molecule has 0 spiro atoms. The molecule has 0 aromatic rings. The molecule has 0 aromatic carbocycles. The Morgan fingerprint density at radius 2 is 0.554 bits per heavy atom. The predicted octanol–water partition coefficient (Wildman–Crippen LogP) is 17.8. The van der Waals surface area contributed by atoms with E-state index < -0.39 is 6.10 Å². The largest absolute Gasteiger partial charge is 0.462 e. The molecule has 6 nitrogen and oxygen atoms in total. The minimum absolute atomic E-state index is 0.109. The maximum Gasteiger partial charge on any atom is 0.306 e. The summed E-state index contributed by atoms with van der Waals surface area (Å²) in [5, 5.41) is 0. The number of allylic oxidation sites excluding steroid dienone is 16. The topological polar surface area (TPSA) is 78.9 Å². The standard InChI is InChI=1S/C59H98O6/c1-4-7-10-13-16-19-22-25-28-29-32-34-37-40-43-46-49-52-58(61)64-55-56(65-59(62)53-50-47-44-41-38-35-31-27-24-21-18-15-12-9-6-3)54-63-57(60)51-48-45-42-39-36-33-30-26-23-20-17-14-11-8-5-2/h16-21,25-28,30-32,34,38,41,56H,4-15,22-24,29,33,35-37,39-40,42-55H2,1-3H3/b19-16-,20-17-,21-18-,28-25-,30-26-,31-27-,34-32-,41-38-/t56-/m0/s1. The number of hydrogen-bond acceptors (Lipinski definition) is 6. The molecule has 0 amide bonds. The zero-order chi connectivity index (χ0) is 47.2. The molecule has 0 rings (SSSR count). The van der Waals surface area contributed by atoms with E-state index in [1.54, 1.807) is 0 Å². The van der Waals surface area contributed by atoms with E-state index in [0.717, 1.165) is 116 Å². The molecule has 65 heavy (non-hydrogen) atoms. The highest BCUT2D eigenvalue weighted by molar-refractivity contribution is 5.71. The first-order valence-electron chi connectivity index (χ1n) is 26.7. The molecule has 370 valence electrons. The smallest absolute Gasteiger partial charge is 0.306 e. The first-order valence-corrected chi connectivity index (χ1v) is 26.7. The maximum atomic E-state index is 12.8. The third-order valence-electron chi connectivity index (χ3n) is 11.0. The number of hydrogen-bond donors (Lipinski definition) is 0. The molecule has 0 aliphatic carbocycles. The predicted molar refractivity (Wildman–Crippen MR) is 279 cm³/mol. The molecule has 0 N–H and O–H groups in total. The highest BCUT2D eigenvalue weighted by Crippen LogP contribution is 2.12. The van der Waals surface area contributed by atoms with Gasteiger partial charge in [-0.3, -0.25) is 14.4 Å². The monoisotopic (exact) mass is 903 g/mol. The Labute approximate surface area is 400 Å². The van der Waals surface area contributed by atoms with E-state index in [0.29, 0.717) is 19.3 Å². The summed E-state index contributed by atoms with van der Waals surface area (Å²) in [4.78, 5) is 38.0. The summed E-state index contributed by atoms with van der Waals surface area (Å²) >= 11 is 0. The third kappa shape index (κ3) is 51.2. The number of esters is 3. The van der Waals surface area contributed by atoms with Crippen LogP contribution in [0.15, 0.2) is 97.2 Å². The van der Waals surface area contributed by atoms with E-state index in [2.05, 4.69) is 118 Å². The molecular formula is C59H98O6. The Kier molecular flexibility index (Phi) is 50.0. The average Bonchev–Trinajstić information content (AvgIpc) is 3.30. The van der Waals surface area contributed by atoms with Gasteiger partial charge in [-0.2, -0.15) is 0 Å². The van der Waals surface area contributed by atoms with E-state index >= 15 is 0 Å². The van der Waals surface area contributed by atoms with Crippen molar-refractivity contribution in [3.05, 3.63) is 97.2 Å². The van der Waals surface area contributed by atoms with Crippen LogP contribution in [0, 0.1) is 0 Å². The van der Waals surface area contributed by atoms with Crippen LogP contribution in [0.1, 0.15) is 239 Å². The van der Waals surface area contributed by atoms with E-state index in [1.165, 1.54) is 77.0 Å². The van der Waals surface area contributed by atoms with Crippen LogP contribution in [0.25, 0.3) is 0 Å². The molecule has 0 heterocycles. The van der Waals surface area contributed by atoms with Gasteiger partial charge >= 0.3 is 17.9 Å². The van der Waals surface area contributed by atoms with E-state index in [4.69, 9.17) is 14.2 Å². The molecule has 0 aromatic heterocycles. The molecular weight excluding hydrogens is 805 g/mol. The molecule has 0 saturated carbocycles. The molecule has 0 unspecified atom stereocenters. The van der Waals surface area contributed by atoms with Crippen molar-refractivity contribution < 1.29 is 28.6 Å². The Bertz CT molecular complexity index is 1310. The zero-order valence-corrected chi connectivity index (χ0v) is 42.2. The van der Waals surface area contributed by atoms with Crippen molar-refractivity contribution >= 4 is 17.9 Å². The first-order chi connectivity index (χ1) is 32.0. The Balaban J connectivity index is 4.52. The lowest BCUT2D eigenvalue weighted by atomic mass is 10.1. The van der Waals surface area contributed by atoms with Crippen molar-refractivity contribution in [3.63, 3.8) is 0 Å². The summed E-state index contributed by atoms with van der Waals surface area (Å²) in [6.07, 6.45) is 69.6. The second-order valence-corrected chi connectivity index (χ2v) is 17.4. The fourth-order valence-corrected chi connectivity index (χ4v) is 6.95. The number of ether oxygens (including phenoxy) is 3. The van der Waals surface area contributed by atoms with Gasteiger partial charge in [0, 0.05) is 19.3 Å². The van der Waals surface area contributed by atoms with Crippen LogP contribution in [-0.4, -0.2) is 37.2 Å². The van der Waals surface area contributed by atoms with E-state index in [-0.39, 0.29) is 37.5 Å². The molecule has 0 saturated heterocycles. The summed E-state index contributed by atoms with van der Waals surface area (Å²) < 4.78 is 16.8. The van der Waals surface area contributed by atoms with Crippen molar-refractivity contribution in [2.75, 3.05) is 13.2 Å². The van der Waals surface area contributed by atoms with Crippen LogP contribution < -0.4 is 0 Å². The summed E-state index contributed by atoms with van der Waals surface area (Å²) in [7, 11) is 0. The Hall–Kier alpha value is -3.67. The minimum Gasteiger partial charge on any atom is -0.462 e. The lowest BCUT2D eigenvalue weighted by molar-refractivity contribution is -0.167. The van der Waals surface area contributed by atoms with Crippen molar-refractivity contribution in [1.29, 1.82) is 0 Å². The van der Waals surface area contributed by atoms with Gasteiger partial charge in [-0.05, 0) is 128 Å². The van der Waals surface area contributed by atoms with Gasteiger partial charge in [0.05, 0.1) is 0 Å².